The van der Waals surface area contributed by atoms with Crippen molar-refractivity contribution in [2.75, 3.05) is 6.61 Å². The molecule has 1 amide bonds. The maximum absolute atomic E-state index is 13.9. The summed E-state index contributed by atoms with van der Waals surface area (Å²) in [6.07, 6.45) is -4.65. The molecule has 0 fully saturated rings. The summed E-state index contributed by atoms with van der Waals surface area (Å²) in [5.41, 5.74) is 1.74. The van der Waals surface area contributed by atoms with Crippen LogP contribution < -0.4 is 10.1 Å². The van der Waals surface area contributed by atoms with Crippen LogP contribution in [0.15, 0.2) is 60.7 Å². The molecule has 1 N–H and O–H groups in total. The third kappa shape index (κ3) is 4.97. The number of fused-ring (bicyclic) bond motifs is 1. The fourth-order valence-corrected chi connectivity index (χ4v) is 3.42. The molecule has 33 heavy (non-hydrogen) atoms. The molecule has 170 valence electrons. The van der Waals surface area contributed by atoms with Crippen molar-refractivity contribution >= 4 is 16.9 Å². The second-order valence-electron chi connectivity index (χ2n) is 7.59. The van der Waals surface area contributed by atoms with Crippen LogP contribution in [0.5, 0.6) is 5.88 Å². The summed E-state index contributed by atoms with van der Waals surface area (Å²) < 4.78 is 48.3. The normalized spacial score (nSPS) is 11.5. The first kappa shape index (κ1) is 22.3. The predicted molar refractivity (Wildman–Crippen MR) is 117 cm³/mol. The minimum atomic E-state index is -4.65. The number of hydrogen-bond donors (Lipinski definition) is 1. The number of pyridine rings is 1. The highest BCUT2D eigenvalue weighted by Crippen LogP contribution is 2.38. The molecule has 2 heterocycles. The van der Waals surface area contributed by atoms with Crippen molar-refractivity contribution in [1.29, 1.82) is 0 Å². The van der Waals surface area contributed by atoms with E-state index in [1.54, 1.807) is 12.1 Å². The molecule has 0 radical (unpaired) electrons. The van der Waals surface area contributed by atoms with Crippen LogP contribution in [-0.2, 0) is 17.5 Å². The number of hydrogen-bond acceptors (Lipinski definition) is 4. The monoisotopic (exact) mass is 454 g/mol. The number of nitrogens with one attached hydrogen (secondary N) is 1. The molecule has 0 saturated heterocycles. The quantitative estimate of drug-likeness (QED) is 0.457. The van der Waals surface area contributed by atoms with Crippen LogP contribution in [0.4, 0.5) is 13.2 Å². The summed E-state index contributed by atoms with van der Waals surface area (Å²) in [7, 11) is 0. The largest absolute Gasteiger partial charge is 0.467 e. The highest BCUT2D eigenvalue weighted by atomic mass is 19.4. The van der Waals surface area contributed by atoms with E-state index in [9.17, 15) is 18.0 Å². The highest BCUT2D eigenvalue weighted by Gasteiger charge is 2.36. The van der Waals surface area contributed by atoms with Crippen LogP contribution in [0.2, 0.25) is 0 Å². The predicted octanol–water partition coefficient (Wildman–Crippen LogP) is 4.75. The first-order valence-electron chi connectivity index (χ1n) is 10.2. The zero-order valence-electron chi connectivity index (χ0n) is 18.0. The van der Waals surface area contributed by atoms with E-state index in [2.05, 4.69) is 15.4 Å². The molecule has 4 rings (SSSR count). The second kappa shape index (κ2) is 8.93. The van der Waals surface area contributed by atoms with E-state index < -0.39 is 24.3 Å². The fraction of sp³-hybridized carbons (Fsp3) is 0.208. The number of aromatic nitrogens is 3. The van der Waals surface area contributed by atoms with Crippen molar-refractivity contribution in [2.24, 2.45) is 0 Å². The number of rotatable bonds is 6. The number of amides is 1. The molecule has 0 bridgehead atoms. The maximum atomic E-state index is 13.9. The standard InChI is InChI=1S/C24H21F3N4O2/c1-15-8-10-18(11-9-15)31-23-22(16(2)30-31)19(24(25,26)27)12-21(29-23)33-14-20(32)28-13-17-6-4-3-5-7-17/h3-12H,13-14H2,1-2H3,(H,28,32). The summed E-state index contributed by atoms with van der Waals surface area (Å²) in [5.74, 6) is -0.782. The average molecular weight is 454 g/mol. The highest BCUT2D eigenvalue weighted by molar-refractivity contribution is 5.85. The van der Waals surface area contributed by atoms with E-state index in [4.69, 9.17) is 4.74 Å². The summed E-state index contributed by atoms with van der Waals surface area (Å²) in [6, 6.07) is 17.2. The van der Waals surface area contributed by atoms with Gasteiger partial charge in [0.25, 0.3) is 5.91 Å². The van der Waals surface area contributed by atoms with E-state index in [0.29, 0.717) is 5.69 Å². The Hall–Kier alpha value is -3.88. The topological polar surface area (TPSA) is 69.0 Å². The molecule has 4 aromatic rings. The third-order valence-corrected chi connectivity index (χ3v) is 5.06. The molecule has 0 spiro atoms. The Labute approximate surface area is 188 Å². The average Bonchev–Trinajstić information content (AvgIpc) is 3.12. The molecule has 0 atom stereocenters. The lowest BCUT2D eigenvalue weighted by Gasteiger charge is -2.12. The van der Waals surface area contributed by atoms with Gasteiger partial charge in [-0.1, -0.05) is 48.0 Å². The Morgan fingerprint density at radius 1 is 1.06 bits per heavy atom. The molecule has 0 aliphatic rings. The Kier molecular flexibility index (Phi) is 6.04. The van der Waals surface area contributed by atoms with Crippen molar-refractivity contribution in [2.45, 2.75) is 26.6 Å². The van der Waals surface area contributed by atoms with Gasteiger partial charge in [-0.15, -0.1) is 0 Å². The van der Waals surface area contributed by atoms with E-state index in [-0.39, 0.29) is 29.2 Å². The summed E-state index contributed by atoms with van der Waals surface area (Å²) >= 11 is 0. The molecule has 9 heteroatoms. The van der Waals surface area contributed by atoms with Gasteiger partial charge in [0.2, 0.25) is 5.88 Å². The Bertz CT molecular complexity index is 1280. The van der Waals surface area contributed by atoms with E-state index in [1.807, 2.05) is 49.4 Å². The lowest BCUT2D eigenvalue weighted by molar-refractivity contribution is -0.136. The van der Waals surface area contributed by atoms with Crippen LogP contribution in [0.25, 0.3) is 16.7 Å². The number of nitrogens with zero attached hydrogens (tertiary/aromatic N) is 3. The van der Waals surface area contributed by atoms with Crippen molar-refractivity contribution in [1.82, 2.24) is 20.1 Å². The molecule has 0 unspecified atom stereocenters. The van der Waals surface area contributed by atoms with Gasteiger partial charge in [-0.2, -0.15) is 23.3 Å². The lowest BCUT2D eigenvalue weighted by Crippen LogP contribution is -2.28. The number of alkyl halides is 3. The number of carbonyl (C=O) groups is 1. The van der Waals surface area contributed by atoms with Crippen LogP contribution >= 0.6 is 0 Å². The zero-order chi connectivity index (χ0) is 23.6. The molecule has 2 aromatic heterocycles. The Balaban J connectivity index is 1.63. The Morgan fingerprint density at radius 2 is 1.76 bits per heavy atom. The maximum Gasteiger partial charge on any atom is 0.417 e. The van der Waals surface area contributed by atoms with Gasteiger partial charge >= 0.3 is 6.18 Å². The molecule has 6 nitrogen and oxygen atoms in total. The van der Waals surface area contributed by atoms with E-state index in [0.717, 1.165) is 17.2 Å². The molecule has 0 aliphatic heterocycles. The van der Waals surface area contributed by atoms with E-state index in [1.165, 1.54) is 11.6 Å². The smallest absolute Gasteiger partial charge is 0.417 e. The number of benzene rings is 2. The number of halogens is 3. The second-order valence-corrected chi connectivity index (χ2v) is 7.59. The zero-order valence-corrected chi connectivity index (χ0v) is 18.0. The van der Waals surface area contributed by atoms with Crippen LogP contribution in [0, 0.1) is 13.8 Å². The SMILES string of the molecule is Cc1ccc(-n2nc(C)c3c(C(F)(F)F)cc(OCC(=O)NCc4ccccc4)nc32)cc1. The molecule has 2 aromatic carbocycles. The van der Waals surface area contributed by atoms with Gasteiger partial charge in [0, 0.05) is 12.6 Å². The minimum absolute atomic E-state index is 0.00544. The first-order valence-corrected chi connectivity index (χ1v) is 10.2. The third-order valence-electron chi connectivity index (χ3n) is 5.06. The van der Waals surface area contributed by atoms with Gasteiger partial charge in [-0.25, -0.2) is 4.68 Å². The first-order chi connectivity index (χ1) is 15.7. The van der Waals surface area contributed by atoms with Gasteiger partial charge in [0.05, 0.1) is 22.3 Å². The van der Waals surface area contributed by atoms with Crippen molar-refractivity contribution in [3.05, 3.63) is 83.0 Å². The van der Waals surface area contributed by atoms with Gasteiger partial charge in [-0.05, 0) is 31.5 Å². The summed E-state index contributed by atoms with van der Waals surface area (Å²) in [6.45, 7) is 3.22. The van der Waals surface area contributed by atoms with Gasteiger partial charge < -0.3 is 10.1 Å². The molecular formula is C24H21F3N4O2. The van der Waals surface area contributed by atoms with Crippen LogP contribution in [0.1, 0.15) is 22.4 Å². The van der Waals surface area contributed by atoms with Gasteiger partial charge in [-0.3, -0.25) is 4.79 Å². The molecule has 0 saturated carbocycles. The summed E-state index contributed by atoms with van der Waals surface area (Å²) in [4.78, 5) is 16.4. The van der Waals surface area contributed by atoms with Crippen molar-refractivity contribution in [3.8, 4) is 11.6 Å². The van der Waals surface area contributed by atoms with Crippen molar-refractivity contribution in [3.63, 3.8) is 0 Å². The fourth-order valence-electron chi connectivity index (χ4n) is 3.42. The number of aryl methyl sites for hydroxylation is 2. The summed E-state index contributed by atoms with van der Waals surface area (Å²) in [5, 5.41) is 6.84. The van der Waals surface area contributed by atoms with Crippen LogP contribution in [0.3, 0.4) is 0 Å². The molecular weight excluding hydrogens is 433 g/mol. The van der Waals surface area contributed by atoms with Gasteiger partial charge in [0.15, 0.2) is 12.3 Å². The van der Waals surface area contributed by atoms with E-state index >= 15 is 0 Å². The minimum Gasteiger partial charge on any atom is -0.467 e. The van der Waals surface area contributed by atoms with Gasteiger partial charge in [0.1, 0.15) is 0 Å². The molecule has 0 aliphatic carbocycles. The van der Waals surface area contributed by atoms with Crippen molar-refractivity contribution < 1.29 is 22.7 Å². The van der Waals surface area contributed by atoms with Crippen LogP contribution in [-0.4, -0.2) is 27.3 Å². The number of carbonyl (C=O) groups excluding carboxylic acids is 1. The Morgan fingerprint density at radius 3 is 2.42 bits per heavy atom. The lowest BCUT2D eigenvalue weighted by atomic mass is 10.1. The number of ether oxygens (including phenoxy) is 1.